The van der Waals surface area contributed by atoms with Crippen LogP contribution in [0, 0.1) is 0 Å². The van der Waals surface area contributed by atoms with E-state index in [1.165, 1.54) is 12.8 Å². The Labute approximate surface area is 222 Å². The molecule has 0 fully saturated rings. The van der Waals surface area contributed by atoms with Crippen molar-refractivity contribution in [1.82, 2.24) is 20.4 Å². The fourth-order valence-electron chi connectivity index (χ4n) is 4.31. The lowest BCUT2D eigenvalue weighted by Crippen LogP contribution is -1.99. The number of anilines is 4. The van der Waals surface area contributed by atoms with E-state index >= 15 is 0 Å². The molecule has 0 aliphatic rings. The molecule has 39 heavy (non-hydrogen) atoms. The number of benzene rings is 4. The smallest absolute Gasteiger partial charge is 0.251 e. The second-order valence-corrected chi connectivity index (χ2v) is 8.71. The summed E-state index contributed by atoms with van der Waals surface area (Å²) < 4.78 is 17.5. The molecule has 0 saturated heterocycles. The number of nitrogens with two attached hydrogens (primary N) is 4. The molecule has 11 nitrogen and oxygen atoms in total. The van der Waals surface area contributed by atoms with E-state index in [1.807, 2.05) is 36.4 Å². The van der Waals surface area contributed by atoms with Crippen molar-refractivity contribution in [2.24, 2.45) is 0 Å². The van der Waals surface area contributed by atoms with Gasteiger partial charge >= 0.3 is 0 Å². The summed E-state index contributed by atoms with van der Waals surface area (Å²) >= 11 is 0. The molecule has 192 valence electrons. The molecule has 0 bridgehead atoms. The van der Waals surface area contributed by atoms with Gasteiger partial charge in [0.05, 0.1) is 11.1 Å². The molecule has 0 radical (unpaired) electrons. The zero-order valence-electron chi connectivity index (χ0n) is 20.4. The fraction of sp³-hybridized carbons (Fsp3) is 0. The number of hydrogen-bond acceptors (Lipinski definition) is 11. The molecule has 11 heteroatoms. The average molecular weight is 519 g/mol. The van der Waals surface area contributed by atoms with Gasteiger partial charge in [-0.15, -0.1) is 20.4 Å². The van der Waals surface area contributed by atoms with Gasteiger partial charge in [-0.05, 0) is 59.7 Å². The van der Waals surface area contributed by atoms with Crippen LogP contribution < -0.4 is 27.7 Å². The van der Waals surface area contributed by atoms with Gasteiger partial charge in [0, 0.05) is 33.9 Å². The molecule has 4 aromatic carbocycles. The summed E-state index contributed by atoms with van der Waals surface area (Å²) in [6, 6.07) is 21.8. The van der Waals surface area contributed by atoms with Gasteiger partial charge < -0.3 is 36.5 Å². The molecular formula is C28H22N8O3. The molecule has 0 atom stereocenters. The van der Waals surface area contributed by atoms with Crippen LogP contribution in [0.2, 0.25) is 0 Å². The van der Waals surface area contributed by atoms with Gasteiger partial charge in [-0.2, -0.15) is 0 Å². The highest BCUT2D eigenvalue weighted by atomic mass is 16.5. The van der Waals surface area contributed by atoms with Crippen LogP contribution in [-0.4, -0.2) is 20.4 Å². The Kier molecular flexibility index (Phi) is 5.77. The lowest BCUT2D eigenvalue weighted by atomic mass is 9.99. The highest BCUT2D eigenvalue weighted by Gasteiger charge is 2.21. The highest BCUT2D eigenvalue weighted by molar-refractivity contribution is 5.87. The van der Waals surface area contributed by atoms with E-state index in [4.69, 9.17) is 36.5 Å². The van der Waals surface area contributed by atoms with Gasteiger partial charge in [0.15, 0.2) is 0 Å². The first-order chi connectivity index (χ1) is 19.0. The minimum atomic E-state index is 0.224. The molecule has 2 heterocycles. The quantitative estimate of drug-likeness (QED) is 0.211. The van der Waals surface area contributed by atoms with Crippen molar-refractivity contribution in [1.29, 1.82) is 0 Å². The van der Waals surface area contributed by atoms with Crippen LogP contribution in [0.5, 0.6) is 11.5 Å². The number of nitrogen functional groups attached to an aromatic ring is 4. The number of nitrogens with zero attached hydrogens (tertiary/aromatic N) is 4. The summed E-state index contributed by atoms with van der Waals surface area (Å²) in [7, 11) is 0. The van der Waals surface area contributed by atoms with E-state index in [-0.39, 0.29) is 11.8 Å². The summed E-state index contributed by atoms with van der Waals surface area (Å²) in [6.45, 7) is 0. The van der Waals surface area contributed by atoms with Crippen molar-refractivity contribution in [3.63, 3.8) is 0 Å². The molecule has 0 aliphatic heterocycles. The maximum Gasteiger partial charge on any atom is 0.251 e. The molecule has 0 unspecified atom stereocenters. The van der Waals surface area contributed by atoms with Crippen LogP contribution in [0.3, 0.4) is 0 Å². The van der Waals surface area contributed by atoms with Crippen LogP contribution in [-0.2, 0) is 0 Å². The normalized spacial score (nSPS) is 11.0. The maximum atomic E-state index is 6.55. The molecule has 0 aliphatic carbocycles. The predicted octanol–water partition coefficient (Wildman–Crippen LogP) is 5.24. The monoisotopic (exact) mass is 518 g/mol. The summed E-state index contributed by atoms with van der Waals surface area (Å²) in [5.74, 6) is 1.22. The lowest BCUT2D eigenvalue weighted by Gasteiger charge is -2.17. The van der Waals surface area contributed by atoms with Crippen LogP contribution in [0.4, 0.5) is 22.7 Å². The zero-order valence-corrected chi connectivity index (χ0v) is 20.4. The van der Waals surface area contributed by atoms with Crippen molar-refractivity contribution in [2.45, 2.75) is 0 Å². The van der Waals surface area contributed by atoms with E-state index in [1.54, 1.807) is 36.4 Å². The van der Waals surface area contributed by atoms with E-state index in [0.29, 0.717) is 56.5 Å². The molecule has 6 rings (SSSR count). The van der Waals surface area contributed by atoms with Gasteiger partial charge in [-0.1, -0.05) is 24.3 Å². The Hall–Kier alpha value is -5.84. The predicted molar refractivity (Wildman–Crippen MR) is 148 cm³/mol. The topological polar surface area (TPSA) is 191 Å². The molecule has 6 aromatic rings. The third kappa shape index (κ3) is 4.55. The highest BCUT2D eigenvalue weighted by Crippen LogP contribution is 2.44. The molecule has 0 amide bonds. The minimum Gasteiger partial charge on any atom is -0.456 e. The number of ether oxygens (including phenoxy) is 1. The first-order valence-electron chi connectivity index (χ1n) is 11.8. The van der Waals surface area contributed by atoms with Crippen LogP contribution in [0.25, 0.3) is 45.2 Å². The van der Waals surface area contributed by atoms with Crippen LogP contribution in [0.15, 0.2) is 94.4 Å². The Balaban J connectivity index is 1.56. The fourth-order valence-corrected chi connectivity index (χ4v) is 4.31. The number of aromatic nitrogens is 4. The largest absolute Gasteiger partial charge is 0.456 e. The Morgan fingerprint density at radius 3 is 1.38 bits per heavy atom. The summed E-state index contributed by atoms with van der Waals surface area (Å²) in [5.41, 5.74) is 31.1. The van der Waals surface area contributed by atoms with Crippen LogP contribution >= 0.6 is 0 Å². The summed E-state index contributed by atoms with van der Waals surface area (Å²) in [4.78, 5) is 0. The zero-order chi connectivity index (χ0) is 26.9. The first kappa shape index (κ1) is 23.6. The molecule has 0 saturated carbocycles. The molecule has 2 aromatic heterocycles. The summed E-state index contributed by atoms with van der Waals surface area (Å²) in [6.07, 6.45) is 2.46. The Morgan fingerprint density at radius 1 is 0.538 bits per heavy atom. The maximum absolute atomic E-state index is 6.55. The van der Waals surface area contributed by atoms with Gasteiger partial charge in [0.1, 0.15) is 11.5 Å². The number of hydrogen-bond donors (Lipinski definition) is 4. The Bertz CT molecular complexity index is 1650. The Morgan fingerprint density at radius 2 is 1.00 bits per heavy atom. The van der Waals surface area contributed by atoms with Crippen molar-refractivity contribution >= 4 is 22.7 Å². The number of rotatable bonds is 6. The second-order valence-electron chi connectivity index (χ2n) is 8.71. The van der Waals surface area contributed by atoms with E-state index < -0.39 is 0 Å². The standard InChI is InChI=1S/C28H22N8O3/c29-17-5-1-3-15(7-17)19-11-25(21(9-23(19)31)27-35-33-13-37-27)39-26-12-20(16-4-2-6-18(30)8-16)24(32)10-22(26)28-36-34-14-38-28/h1-14H,29-32H2. The minimum absolute atomic E-state index is 0.224. The molecule has 8 N–H and O–H groups in total. The molecule has 0 spiro atoms. The van der Waals surface area contributed by atoms with Crippen molar-refractivity contribution < 1.29 is 13.6 Å². The molecular weight excluding hydrogens is 496 g/mol. The average Bonchev–Trinajstić information content (AvgIpc) is 3.65. The van der Waals surface area contributed by atoms with Gasteiger partial charge in [-0.3, -0.25) is 0 Å². The van der Waals surface area contributed by atoms with Crippen molar-refractivity contribution in [3.8, 4) is 56.7 Å². The van der Waals surface area contributed by atoms with Crippen molar-refractivity contribution in [3.05, 3.63) is 85.6 Å². The third-order valence-electron chi connectivity index (χ3n) is 6.10. The first-order valence-corrected chi connectivity index (χ1v) is 11.8. The van der Waals surface area contributed by atoms with Gasteiger partial charge in [-0.25, -0.2) is 0 Å². The van der Waals surface area contributed by atoms with E-state index in [9.17, 15) is 0 Å². The summed E-state index contributed by atoms with van der Waals surface area (Å²) in [5, 5.41) is 15.7. The van der Waals surface area contributed by atoms with Gasteiger partial charge in [0.25, 0.3) is 11.8 Å². The van der Waals surface area contributed by atoms with Crippen LogP contribution in [0.1, 0.15) is 0 Å². The SMILES string of the molecule is Nc1cccc(-c2cc(Oc3cc(-c4cccc(N)c4)c(N)cc3-c3nnco3)c(-c3nnco3)cc2N)c1. The van der Waals surface area contributed by atoms with E-state index in [0.717, 1.165) is 11.1 Å². The third-order valence-corrected chi connectivity index (χ3v) is 6.10. The van der Waals surface area contributed by atoms with E-state index in [2.05, 4.69) is 20.4 Å². The van der Waals surface area contributed by atoms with Crippen molar-refractivity contribution in [2.75, 3.05) is 22.9 Å². The van der Waals surface area contributed by atoms with Gasteiger partial charge in [0.2, 0.25) is 12.8 Å². The lowest BCUT2D eigenvalue weighted by molar-refractivity contribution is 0.478. The second kappa shape index (κ2) is 9.56.